The molecule has 1 aromatic heterocycles. The van der Waals surface area contributed by atoms with Crippen LogP contribution in [0.5, 0.6) is 0 Å². The van der Waals surface area contributed by atoms with Gasteiger partial charge in [-0.3, -0.25) is 9.78 Å². The van der Waals surface area contributed by atoms with Crippen LogP contribution in [0.25, 0.3) is 0 Å². The number of anilines is 1. The van der Waals surface area contributed by atoms with Crippen molar-refractivity contribution < 1.29 is 9.53 Å². The minimum Gasteiger partial charge on any atom is -0.398 e. The Morgan fingerprint density at radius 1 is 1.65 bits per heavy atom. The fourth-order valence-electron chi connectivity index (χ4n) is 1.94. The van der Waals surface area contributed by atoms with Gasteiger partial charge < -0.3 is 15.8 Å². The summed E-state index contributed by atoms with van der Waals surface area (Å²) in [6.45, 7) is 4.48. The second-order valence-electron chi connectivity index (χ2n) is 4.36. The largest absolute Gasteiger partial charge is 0.398 e. The topological polar surface area (TPSA) is 77.2 Å². The van der Waals surface area contributed by atoms with E-state index in [1.54, 1.807) is 6.07 Å². The summed E-state index contributed by atoms with van der Waals surface area (Å²) in [5.74, 6) is -0.183. The van der Waals surface area contributed by atoms with Gasteiger partial charge in [0.1, 0.15) is 0 Å². The third kappa shape index (κ3) is 2.55. The average Bonchev–Trinajstić information content (AvgIpc) is 2.64. The van der Waals surface area contributed by atoms with Gasteiger partial charge in [-0.1, -0.05) is 0 Å². The fourth-order valence-corrected chi connectivity index (χ4v) is 1.94. The molecule has 2 heterocycles. The Hall–Kier alpha value is -1.62. The molecule has 0 bridgehead atoms. The minimum absolute atomic E-state index is 0.0542. The van der Waals surface area contributed by atoms with E-state index >= 15 is 0 Å². The molecule has 0 saturated carbocycles. The predicted octanol–water partition coefficient (Wildman–Crippen LogP) is 0.879. The van der Waals surface area contributed by atoms with E-state index in [1.807, 2.05) is 13.8 Å². The average molecular weight is 235 g/mol. The number of ether oxygens (including phenoxy) is 1. The van der Waals surface area contributed by atoms with Crippen LogP contribution in [0.4, 0.5) is 5.69 Å². The van der Waals surface area contributed by atoms with E-state index < -0.39 is 0 Å². The predicted molar refractivity (Wildman–Crippen MR) is 64.7 cm³/mol. The first-order valence-corrected chi connectivity index (χ1v) is 5.72. The van der Waals surface area contributed by atoms with Crippen LogP contribution < -0.4 is 11.1 Å². The number of carbonyl (C=O) groups excluding carboxylic acids is 1. The third-order valence-corrected chi connectivity index (χ3v) is 3.01. The normalized spacial score (nSPS) is 23.6. The highest BCUT2D eigenvalue weighted by Gasteiger charge is 2.26. The Morgan fingerprint density at radius 2 is 2.41 bits per heavy atom. The van der Waals surface area contributed by atoms with Gasteiger partial charge >= 0.3 is 0 Å². The Kier molecular flexibility index (Phi) is 3.28. The van der Waals surface area contributed by atoms with E-state index in [1.165, 1.54) is 6.20 Å². The van der Waals surface area contributed by atoms with E-state index in [4.69, 9.17) is 10.5 Å². The lowest BCUT2D eigenvalue weighted by Crippen LogP contribution is -2.39. The number of pyridine rings is 1. The fraction of sp³-hybridized carbons (Fsp3) is 0.500. The van der Waals surface area contributed by atoms with Gasteiger partial charge in [-0.05, 0) is 26.3 Å². The van der Waals surface area contributed by atoms with Crippen molar-refractivity contribution in [1.82, 2.24) is 10.3 Å². The molecule has 1 aromatic rings. The molecule has 1 aliphatic rings. The number of hydrogen-bond donors (Lipinski definition) is 2. The van der Waals surface area contributed by atoms with E-state index in [2.05, 4.69) is 10.3 Å². The van der Waals surface area contributed by atoms with Gasteiger partial charge in [0.05, 0.1) is 17.7 Å². The van der Waals surface area contributed by atoms with E-state index in [9.17, 15) is 4.79 Å². The molecule has 2 unspecified atom stereocenters. The molecule has 1 aliphatic heterocycles. The Morgan fingerprint density at radius 3 is 3.00 bits per heavy atom. The first-order valence-electron chi connectivity index (χ1n) is 5.72. The van der Waals surface area contributed by atoms with Crippen LogP contribution >= 0.6 is 0 Å². The highest BCUT2D eigenvalue weighted by molar-refractivity contribution is 5.99. The first-order chi connectivity index (χ1) is 8.08. The number of aromatic nitrogens is 1. The maximum atomic E-state index is 12.0. The number of nitrogens with one attached hydrogen (secondary N) is 1. The molecule has 2 rings (SSSR count). The summed E-state index contributed by atoms with van der Waals surface area (Å²) in [6.07, 6.45) is 2.41. The molecule has 0 spiro atoms. The molecule has 0 radical (unpaired) electrons. The molecule has 5 heteroatoms. The summed E-state index contributed by atoms with van der Waals surface area (Å²) in [5.41, 5.74) is 7.49. The lowest BCUT2D eigenvalue weighted by Gasteiger charge is -2.16. The molecule has 17 heavy (non-hydrogen) atoms. The SMILES string of the molecule is Cc1cc(N)c(C(=O)NC2CCOC2C)cn1. The Labute approximate surface area is 100 Å². The molecule has 1 amide bonds. The number of hydrogen-bond acceptors (Lipinski definition) is 4. The molecule has 5 nitrogen and oxygen atoms in total. The van der Waals surface area contributed by atoms with E-state index in [0.29, 0.717) is 17.9 Å². The van der Waals surface area contributed by atoms with Crippen LogP contribution in [0, 0.1) is 6.92 Å². The summed E-state index contributed by atoms with van der Waals surface area (Å²) < 4.78 is 5.39. The number of aryl methyl sites for hydroxylation is 1. The second-order valence-corrected chi connectivity index (χ2v) is 4.36. The van der Waals surface area contributed by atoms with Crippen LogP contribution in [0.2, 0.25) is 0 Å². The highest BCUT2D eigenvalue weighted by Crippen LogP contribution is 2.15. The maximum Gasteiger partial charge on any atom is 0.255 e. The van der Waals surface area contributed by atoms with Crippen LogP contribution in [-0.4, -0.2) is 29.6 Å². The van der Waals surface area contributed by atoms with Crippen molar-refractivity contribution in [2.45, 2.75) is 32.4 Å². The van der Waals surface area contributed by atoms with Crippen molar-refractivity contribution in [1.29, 1.82) is 0 Å². The summed E-state index contributed by atoms with van der Waals surface area (Å²) in [4.78, 5) is 16.1. The van der Waals surface area contributed by atoms with Gasteiger partial charge in [-0.25, -0.2) is 0 Å². The van der Waals surface area contributed by atoms with Crippen LogP contribution in [0.3, 0.4) is 0 Å². The smallest absolute Gasteiger partial charge is 0.255 e. The van der Waals surface area contributed by atoms with Crippen molar-refractivity contribution in [3.8, 4) is 0 Å². The molecule has 1 saturated heterocycles. The Bertz CT molecular complexity index is 434. The number of nitrogens with zero attached hydrogens (tertiary/aromatic N) is 1. The van der Waals surface area contributed by atoms with Gasteiger partial charge in [0.15, 0.2) is 0 Å². The zero-order valence-corrected chi connectivity index (χ0v) is 10.1. The Balaban J connectivity index is 2.09. The number of amides is 1. The van der Waals surface area contributed by atoms with E-state index in [-0.39, 0.29) is 18.1 Å². The van der Waals surface area contributed by atoms with Crippen LogP contribution in [-0.2, 0) is 4.74 Å². The first kappa shape index (κ1) is 11.9. The molecule has 0 aromatic carbocycles. The lowest BCUT2D eigenvalue weighted by molar-refractivity contribution is 0.0866. The van der Waals surface area contributed by atoms with Crippen molar-refractivity contribution in [3.05, 3.63) is 23.5 Å². The molecule has 2 atom stereocenters. The standard InChI is InChI=1S/C12H17N3O2/c1-7-5-10(13)9(6-14-7)12(16)15-11-3-4-17-8(11)2/h5-6,8,11H,3-4H2,1-2H3,(H2,13,14)(H,15,16). The van der Waals surface area contributed by atoms with Gasteiger partial charge in [0.25, 0.3) is 5.91 Å². The number of rotatable bonds is 2. The quantitative estimate of drug-likeness (QED) is 0.797. The maximum absolute atomic E-state index is 12.0. The molecule has 3 N–H and O–H groups in total. The number of carbonyl (C=O) groups is 1. The second kappa shape index (κ2) is 4.71. The highest BCUT2D eigenvalue weighted by atomic mass is 16.5. The summed E-state index contributed by atoms with van der Waals surface area (Å²) >= 11 is 0. The monoisotopic (exact) mass is 235 g/mol. The zero-order valence-electron chi connectivity index (χ0n) is 10.1. The van der Waals surface area contributed by atoms with Gasteiger partial charge in [0, 0.05) is 24.2 Å². The third-order valence-electron chi connectivity index (χ3n) is 3.01. The van der Waals surface area contributed by atoms with Crippen LogP contribution in [0.1, 0.15) is 29.4 Å². The summed E-state index contributed by atoms with van der Waals surface area (Å²) in [6, 6.07) is 1.76. The zero-order chi connectivity index (χ0) is 12.4. The molecular formula is C12H17N3O2. The van der Waals surface area contributed by atoms with Gasteiger partial charge in [-0.2, -0.15) is 0 Å². The number of nitrogens with two attached hydrogens (primary N) is 1. The molecular weight excluding hydrogens is 218 g/mol. The summed E-state index contributed by atoms with van der Waals surface area (Å²) in [7, 11) is 0. The molecule has 0 aliphatic carbocycles. The minimum atomic E-state index is -0.183. The van der Waals surface area contributed by atoms with Gasteiger partial charge in [0.2, 0.25) is 0 Å². The van der Waals surface area contributed by atoms with Crippen LogP contribution in [0.15, 0.2) is 12.3 Å². The van der Waals surface area contributed by atoms with Crippen molar-refractivity contribution in [2.24, 2.45) is 0 Å². The molecule has 92 valence electrons. The summed E-state index contributed by atoms with van der Waals surface area (Å²) in [5, 5.41) is 2.92. The van der Waals surface area contributed by atoms with Crippen molar-refractivity contribution >= 4 is 11.6 Å². The van der Waals surface area contributed by atoms with Crippen molar-refractivity contribution in [2.75, 3.05) is 12.3 Å². The molecule has 1 fully saturated rings. The van der Waals surface area contributed by atoms with E-state index in [0.717, 1.165) is 12.1 Å². The number of nitrogen functional groups attached to an aromatic ring is 1. The lowest BCUT2D eigenvalue weighted by atomic mass is 10.1. The van der Waals surface area contributed by atoms with Gasteiger partial charge in [-0.15, -0.1) is 0 Å². The van der Waals surface area contributed by atoms with Crippen molar-refractivity contribution in [3.63, 3.8) is 0 Å².